The van der Waals surface area contributed by atoms with Crippen LogP contribution in [0.1, 0.15) is 19.8 Å². The Balaban J connectivity index is 2.52. The van der Waals surface area contributed by atoms with Gasteiger partial charge in [-0.25, -0.2) is 0 Å². The van der Waals surface area contributed by atoms with Gasteiger partial charge in [-0.3, -0.25) is 4.79 Å². The molecule has 0 aliphatic carbocycles. The van der Waals surface area contributed by atoms with Crippen molar-refractivity contribution in [3.8, 4) is 0 Å². The second-order valence-electron chi connectivity index (χ2n) is 3.27. The van der Waals surface area contributed by atoms with E-state index in [-0.39, 0.29) is 5.92 Å². The molecule has 64 valence electrons. The third-order valence-corrected chi connectivity index (χ3v) is 2.38. The molecule has 0 aromatic rings. The number of nitrogens with one attached hydrogen (secondary N) is 1. The summed E-state index contributed by atoms with van der Waals surface area (Å²) in [5.41, 5.74) is 0. The van der Waals surface area contributed by atoms with E-state index in [0.717, 1.165) is 19.4 Å². The lowest BCUT2D eigenvalue weighted by molar-refractivity contribution is -0.143. The van der Waals surface area contributed by atoms with Gasteiger partial charge in [-0.1, -0.05) is 6.92 Å². The molecule has 1 aliphatic heterocycles. The zero-order valence-electron chi connectivity index (χ0n) is 6.84. The van der Waals surface area contributed by atoms with Gasteiger partial charge in [-0.05, 0) is 25.3 Å². The molecule has 1 rings (SSSR count). The van der Waals surface area contributed by atoms with Crippen LogP contribution in [0, 0.1) is 11.8 Å². The monoisotopic (exact) mass is 157 g/mol. The fraction of sp³-hybridized carbons (Fsp3) is 0.875. The maximum atomic E-state index is 10.7. The topological polar surface area (TPSA) is 49.3 Å². The minimum absolute atomic E-state index is 0.183. The van der Waals surface area contributed by atoms with Gasteiger partial charge in [0.25, 0.3) is 0 Å². The summed E-state index contributed by atoms with van der Waals surface area (Å²) in [6, 6.07) is 0. The Morgan fingerprint density at radius 3 is 3.00 bits per heavy atom. The van der Waals surface area contributed by atoms with Gasteiger partial charge in [0.2, 0.25) is 0 Å². The van der Waals surface area contributed by atoms with Crippen LogP contribution in [-0.2, 0) is 4.79 Å². The third-order valence-electron chi connectivity index (χ3n) is 2.38. The van der Waals surface area contributed by atoms with Crippen LogP contribution < -0.4 is 5.32 Å². The van der Waals surface area contributed by atoms with Gasteiger partial charge in [0, 0.05) is 6.54 Å². The first-order valence-corrected chi connectivity index (χ1v) is 4.15. The summed E-state index contributed by atoms with van der Waals surface area (Å²) in [6.07, 6.45) is 2.13. The first kappa shape index (κ1) is 8.53. The average Bonchev–Trinajstić information content (AvgIpc) is 2.13. The van der Waals surface area contributed by atoms with Gasteiger partial charge >= 0.3 is 5.97 Å². The standard InChI is InChI=1S/C8H15NO2/c1-6-3-2-4-9-5-7(6)8(10)11/h6-7,9H,2-5H2,1H3,(H,10,11). The smallest absolute Gasteiger partial charge is 0.308 e. The molecule has 0 bridgehead atoms. The Morgan fingerprint density at radius 1 is 1.64 bits per heavy atom. The summed E-state index contributed by atoms with van der Waals surface area (Å²) < 4.78 is 0. The zero-order valence-corrected chi connectivity index (χ0v) is 6.84. The van der Waals surface area contributed by atoms with Crippen LogP contribution in [0.2, 0.25) is 0 Å². The van der Waals surface area contributed by atoms with E-state index in [0.29, 0.717) is 12.5 Å². The molecule has 1 fully saturated rings. The first-order chi connectivity index (χ1) is 5.22. The Bertz CT molecular complexity index is 147. The lowest BCUT2D eigenvalue weighted by Crippen LogP contribution is -2.30. The molecule has 2 N–H and O–H groups in total. The molecular formula is C8H15NO2. The molecule has 1 saturated heterocycles. The van der Waals surface area contributed by atoms with E-state index in [1.807, 2.05) is 6.92 Å². The van der Waals surface area contributed by atoms with E-state index in [4.69, 9.17) is 5.11 Å². The third kappa shape index (κ3) is 2.19. The maximum absolute atomic E-state index is 10.7. The Hall–Kier alpha value is -0.570. The number of carboxylic acids is 1. The van der Waals surface area contributed by atoms with Crippen LogP contribution in [0.4, 0.5) is 0 Å². The SMILES string of the molecule is CC1CCCNCC1C(=O)O. The van der Waals surface area contributed by atoms with Crippen LogP contribution in [0.3, 0.4) is 0 Å². The van der Waals surface area contributed by atoms with Crippen LogP contribution in [0.25, 0.3) is 0 Å². The summed E-state index contributed by atoms with van der Waals surface area (Å²) in [5.74, 6) is -0.521. The Morgan fingerprint density at radius 2 is 2.36 bits per heavy atom. The molecule has 2 unspecified atom stereocenters. The molecular weight excluding hydrogens is 142 g/mol. The molecule has 0 aromatic carbocycles. The van der Waals surface area contributed by atoms with Crippen molar-refractivity contribution in [2.45, 2.75) is 19.8 Å². The van der Waals surface area contributed by atoms with E-state index in [2.05, 4.69) is 5.32 Å². The molecule has 0 saturated carbocycles. The van der Waals surface area contributed by atoms with E-state index < -0.39 is 5.97 Å². The van der Waals surface area contributed by atoms with E-state index in [1.54, 1.807) is 0 Å². The van der Waals surface area contributed by atoms with Crippen molar-refractivity contribution in [3.05, 3.63) is 0 Å². The van der Waals surface area contributed by atoms with Gasteiger partial charge in [-0.2, -0.15) is 0 Å². The molecule has 3 heteroatoms. The van der Waals surface area contributed by atoms with Gasteiger partial charge < -0.3 is 10.4 Å². The normalized spacial score (nSPS) is 32.8. The summed E-state index contributed by atoms with van der Waals surface area (Å²) in [5, 5.41) is 11.9. The number of rotatable bonds is 1. The first-order valence-electron chi connectivity index (χ1n) is 4.15. The van der Waals surface area contributed by atoms with Crippen LogP contribution in [-0.4, -0.2) is 24.2 Å². The van der Waals surface area contributed by atoms with Crippen molar-refractivity contribution >= 4 is 5.97 Å². The van der Waals surface area contributed by atoms with E-state index >= 15 is 0 Å². The minimum Gasteiger partial charge on any atom is -0.481 e. The van der Waals surface area contributed by atoms with Crippen molar-refractivity contribution in [3.63, 3.8) is 0 Å². The predicted molar refractivity (Wildman–Crippen MR) is 42.4 cm³/mol. The van der Waals surface area contributed by atoms with Crippen molar-refractivity contribution in [1.82, 2.24) is 5.32 Å². The molecule has 11 heavy (non-hydrogen) atoms. The highest BCUT2D eigenvalue weighted by Crippen LogP contribution is 2.19. The van der Waals surface area contributed by atoms with E-state index in [9.17, 15) is 4.79 Å². The van der Waals surface area contributed by atoms with Gasteiger partial charge in [-0.15, -0.1) is 0 Å². The molecule has 0 amide bonds. The lowest BCUT2D eigenvalue weighted by atomic mass is 9.91. The highest BCUT2D eigenvalue weighted by molar-refractivity contribution is 5.70. The minimum atomic E-state index is -0.660. The van der Waals surface area contributed by atoms with Gasteiger partial charge in [0.15, 0.2) is 0 Å². The molecule has 0 radical (unpaired) electrons. The van der Waals surface area contributed by atoms with Crippen molar-refractivity contribution < 1.29 is 9.90 Å². The highest BCUT2D eigenvalue weighted by atomic mass is 16.4. The summed E-state index contributed by atoms with van der Waals surface area (Å²) in [7, 11) is 0. The molecule has 1 aliphatic rings. The van der Waals surface area contributed by atoms with Crippen LogP contribution >= 0.6 is 0 Å². The molecule has 0 spiro atoms. The Labute approximate surface area is 66.8 Å². The Kier molecular flexibility index (Phi) is 2.88. The predicted octanol–water partition coefficient (Wildman–Crippen LogP) is 0.707. The number of hydrogen-bond acceptors (Lipinski definition) is 2. The fourth-order valence-corrected chi connectivity index (χ4v) is 1.54. The molecule has 3 nitrogen and oxygen atoms in total. The molecule has 2 atom stereocenters. The maximum Gasteiger partial charge on any atom is 0.308 e. The number of aliphatic carboxylic acids is 1. The average molecular weight is 157 g/mol. The number of hydrogen-bond donors (Lipinski definition) is 2. The van der Waals surface area contributed by atoms with E-state index in [1.165, 1.54) is 0 Å². The van der Waals surface area contributed by atoms with Crippen LogP contribution in [0.15, 0.2) is 0 Å². The van der Waals surface area contributed by atoms with Gasteiger partial charge in [0.05, 0.1) is 5.92 Å². The van der Waals surface area contributed by atoms with Crippen molar-refractivity contribution in [2.24, 2.45) is 11.8 Å². The largest absolute Gasteiger partial charge is 0.481 e. The summed E-state index contributed by atoms with van der Waals surface area (Å²) in [6.45, 7) is 3.62. The summed E-state index contributed by atoms with van der Waals surface area (Å²) in [4.78, 5) is 10.7. The second kappa shape index (κ2) is 3.72. The quantitative estimate of drug-likeness (QED) is 0.589. The van der Waals surface area contributed by atoms with Crippen molar-refractivity contribution in [1.29, 1.82) is 0 Å². The van der Waals surface area contributed by atoms with Crippen LogP contribution in [0.5, 0.6) is 0 Å². The van der Waals surface area contributed by atoms with Gasteiger partial charge in [0.1, 0.15) is 0 Å². The number of carboxylic acid groups (broad SMARTS) is 1. The second-order valence-corrected chi connectivity index (χ2v) is 3.27. The fourth-order valence-electron chi connectivity index (χ4n) is 1.54. The highest BCUT2D eigenvalue weighted by Gasteiger charge is 2.25. The summed E-state index contributed by atoms with van der Waals surface area (Å²) >= 11 is 0. The molecule has 1 heterocycles. The zero-order chi connectivity index (χ0) is 8.27. The lowest BCUT2D eigenvalue weighted by Gasteiger charge is -2.15. The van der Waals surface area contributed by atoms with Crippen molar-refractivity contribution in [2.75, 3.05) is 13.1 Å². The molecule has 0 aromatic heterocycles. The number of carbonyl (C=O) groups is 1.